The average Bonchev–Trinajstić information content (AvgIpc) is 2.64. The molecule has 2 N–H and O–H groups in total. The minimum Gasteiger partial charge on any atom is -0.394 e. The molecule has 3 nitrogen and oxygen atoms in total. The number of rotatable bonds is 7. The van der Waals surface area contributed by atoms with Gasteiger partial charge in [-0.25, -0.2) is 0 Å². The molecule has 0 spiro atoms. The van der Waals surface area contributed by atoms with Gasteiger partial charge in [0.05, 0.1) is 6.61 Å². The van der Waals surface area contributed by atoms with Crippen molar-refractivity contribution in [3.63, 3.8) is 0 Å². The fourth-order valence-corrected chi connectivity index (χ4v) is 2.47. The zero-order valence-corrected chi connectivity index (χ0v) is 12.1. The van der Waals surface area contributed by atoms with Crippen LogP contribution in [0.15, 0.2) is 0 Å². The summed E-state index contributed by atoms with van der Waals surface area (Å²) < 4.78 is 0. The van der Waals surface area contributed by atoms with Crippen LogP contribution >= 0.6 is 0 Å². The normalized spacial score (nSPS) is 23.8. The second-order valence-electron chi connectivity index (χ2n) is 6.59. The molecule has 1 aliphatic heterocycles. The fourth-order valence-electron chi connectivity index (χ4n) is 2.47. The topological polar surface area (TPSA) is 35.5 Å². The van der Waals surface area contributed by atoms with Gasteiger partial charge in [-0.1, -0.05) is 20.8 Å². The number of hydrogen-bond acceptors (Lipinski definition) is 3. The summed E-state index contributed by atoms with van der Waals surface area (Å²) in [5.74, 6) is 0. The molecule has 0 aliphatic carbocycles. The molecule has 0 radical (unpaired) electrons. The maximum absolute atomic E-state index is 9.51. The Morgan fingerprint density at radius 3 is 2.59 bits per heavy atom. The molecule has 0 aromatic carbocycles. The van der Waals surface area contributed by atoms with Crippen LogP contribution in [0.1, 0.15) is 47.0 Å². The van der Waals surface area contributed by atoms with Crippen molar-refractivity contribution < 1.29 is 5.11 Å². The summed E-state index contributed by atoms with van der Waals surface area (Å²) in [6.07, 6.45) is 3.44. The summed E-state index contributed by atoms with van der Waals surface area (Å²) in [7, 11) is 0. The van der Waals surface area contributed by atoms with Crippen LogP contribution in [0.5, 0.6) is 0 Å². The number of likely N-dealkylation sites (tertiary alicyclic amines) is 1. The third-order valence-electron chi connectivity index (χ3n) is 3.89. The molecule has 1 aliphatic rings. The van der Waals surface area contributed by atoms with Crippen molar-refractivity contribution in [3.05, 3.63) is 0 Å². The highest BCUT2D eigenvalue weighted by Gasteiger charge is 2.30. The highest BCUT2D eigenvalue weighted by Crippen LogP contribution is 2.29. The highest BCUT2D eigenvalue weighted by molar-refractivity contribution is 4.87. The van der Waals surface area contributed by atoms with Gasteiger partial charge < -0.3 is 15.3 Å². The first-order valence-corrected chi connectivity index (χ1v) is 6.99. The second-order valence-corrected chi connectivity index (χ2v) is 6.59. The van der Waals surface area contributed by atoms with Gasteiger partial charge in [-0.05, 0) is 51.2 Å². The van der Waals surface area contributed by atoms with Gasteiger partial charge in [-0.2, -0.15) is 0 Å². The van der Waals surface area contributed by atoms with Crippen LogP contribution in [-0.2, 0) is 0 Å². The largest absolute Gasteiger partial charge is 0.394 e. The lowest BCUT2D eigenvalue weighted by molar-refractivity contribution is 0.149. The highest BCUT2D eigenvalue weighted by atomic mass is 16.3. The SMILES string of the molecule is CCCNC(C)(CO)CCN1CCC(C)(C)C1. The Morgan fingerprint density at radius 1 is 1.41 bits per heavy atom. The summed E-state index contributed by atoms with van der Waals surface area (Å²) in [5, 5.41) is 13.0. The fraction of sp³-hybridized carbons (Fsp3) is 1.00. The average molecular weight is 242 g/mol. The molecule has 1 heterocycles. The van der Waals surface area contributed by atoms with Crippen molar-refractivity contribution in [1.29, 1.82) is 0 Å². The van der Waals surface area contributed by atoms with E-state index < -0.39 is 0 Å². The van der Waals surface area contributed by atoms with Gasteiger partial charge in [0.1, 0.15) is 0 Å². The van der Waals surface area contributed by atoms with E-state index in [2.05, 4.69) is 37.9 Å². The molecule has 102 valence electrons. The lowest BCUT2D eigenvalue weighted by Gasteiger charge is -2.31. The first kappa shape index (κ1) is 14.9. The zero-order valence-electron chi connectivity index (χ0n) is 12.1. The van der Waals surface area contributed by atoms with E-state index in [1.807, 2.05) is 0 Å². The van der Waals surface area contributed by atoms with E-state index in [-0.39, 0.29) is 12.1 Å². The van der Waals surface area contributed by atoms with Crippen molar-refractivity contribution in [2.45, 2.75) is 52.5 Å². The number of hydrogen-bond donors (Lipinski definition) is 2. The van der Waals surface area contributed by atoms with E-state index in [1.54, 1.807) is 0 Å². The lowest BCUT2D eigenvalue weighted by Crippen LogP contribution is -2.48. The maximum atomic E-state index is 9.51. The number of aliphatic hydroxyl groups excluding tert-OH is 1. The maximum Gasteiger partial charge on any atom is 0.0611 e. The minimum absolute atomic E-state index is 0.108. The molecule has 1 rings (SSSR count). The predicted octanol–water partition coefficient (Wildman–Crippen LogP) is 1.86. The molecular formula is C14H30N2O. The van der Waals surface area contributed by atoms with Crippen LogP contribution in [0.25, 0.3) is 0 Å². The van der Waals surface area contributed by atoms with E-state index in [0.717, 1.165) is 25.9 Å². The van der Waals surface area contributed by atoms with Crippen molar-refractivity contribution >= 4 is 0 Å². The third-order valence-corrected chi connectivity index (χ3v) is 3.89. The molecule has 0 aromatic heterocycles. The molecule has 0 bridgehead atoms. The van der Waals surface area contributed by atoms with Gasteiger partial charge in [0.15, 0.2) is 0 Å². The van der Waals surface area contributed by atoms with Crippen LogP contribution in [-0.4, -0.2) is 48.3 Å². The molecule has 3 heteroatoms. The molecule has 0 aromatic rings. The molecule has 1 unspecified atom stereocenters. The minimum atomic E-state index is -0.108. The molecule has 0 saturated carbocycles. The van der Waals surface area contributed by atoms with Crippen LogP contribution in [0.2, 0.25) is 0 Å². The summed E-state index contributed by atoms with van der Waals surface area (Å²) in [5.41, 5.74) is 0.370. The summed E-state index contributed by atoms with van der Waals surface area (Å²) >= 11 is 0. The van der Waals surface area contributed by atoms with E-state index in [4.69, 9.17) is 0 Å². The second kappa shape index (κ2) is 6.17. The van der Waals surface area contributed by atoms with Gasteiger partial charge >= 0.3 is 0 Å². The Morgan fingerprint density at radius 2 is 2.12 bits per heavy atom. The Labute approximate surface area is 107 Å². The quantitative estimate of drug-likeness (QED) is 0.715. The van der Waals surface area contributed by atoms with Crippen LogP contribution in [0.3, 0.4) is 0 Å². The van der Waals surface area contributed by atoms with E-state index >= 15 is 0 Å². The number of nitrogens with one attached hydrogen (secondary N) is 1. The molecular weight excluding hydrogens is 212 g/mol. The van der Waals surface area contributed by atoms with E-state index in [0.29, 0.717) is 5.41 Å². The van der Waals surface area contributed by atoms with E-state index in [9.17, 15) is 5.11 Å². The van der Waals surface area contributed by atoms with Gasteiger partial charge in [-0.3, -0.25) is 0 Å². The van der Waals surface area contributed by atoms with Crippen LogP contribution in [0.4, 0.5) is 0 Å². The van der Waals surface area contributed by atoms with Gasteiger partial charge in [0, 0.05) is 12.1 Å². The number of nitrogens with zero attached hydrogens (tertiary/aromatic N) is 1. The van der Waals surface area contributed by atoms with Crippen molar-refractivity contribution in [2.75, 3.05) is 32.8 Å². The van der Waals surface area contributed by atoms with Crippen LogP contribution < -0.4 is 5.32 Å². The Kier molecular flexibility index (Phi) is 5.42. The molecule has 1 fully saturated rings. The van der Waals surface area contributed by atoms with Gasteiger partial charge in [-0.15, -0.1) is 0 Å². The Balaban J connectivity index is 2.32. The van der Waals surface area contributed by atoms with Gasteiger partial charge in [0.2, 0.25) is 0 Å². The molecule has 17 heavy (non-hydrogen) atoms. The lowest BCUT2D eigenvalue weighted by atomic mass is 9.93. The predicted molar refractivity (Wildman–Crippen MR) is 73.2 cm³/mol. The standard InChI is InChI=1S/C14H30N2O/c1-5-8-15-14(4,12-17)7-10-16-9-6-13(2,3)11-16/h15,17H,5-12H2,1-4H3. The third kappa shape index (κ3) is 4.94. The van der Waals surface area contributed by atoms with E-state index in [1.165, 1.54) is 19.5 Å². The van der Waals surface area contributed by atoms with Crippen molar-refractivity contribution in [2.24, 2.45) is 5.41 Å². The number of aliphatic hydroxyl groups is 1. The monoisotopic (exact) mass is 242 g/mol. The van der Waals surface area contributed by atoms with Crippen molar-refractivity contribution in [1.82, 2.24) is 10.2 Å². The van der Waals surface area contributed by atoms with Crippen LogP contribution in [0, 0.1) is 5.41 Å². The first-order valence-electron chi connectivity index (χ1n) is 6.99. The zero-order chi connectivity index (χ0) is 12.9. The Bertz CT molecular complexity index is 230. The van der Waals surface area contributed by atoms with Gasteiger partial charge in [0.25, 0.3) is 0 Å². The summed E-state index contributed by atoms with van der Waals surface area (Å²) in [6, 6.07) is 0. The smallest absolute Gasteiger partial charge is 0.0611 e. The summed E-state index contributed by atoms with van der Waals surface area (Å²) in [4.78, 5) is 2.53. The first-order chi connectivity index (χ1) is 7.91. The summed E-state index contributed by atoms with van der Waals surface area (Å²) in [6.45, 7) is 13.7. The molecule has 0 amide bonds. The van der Waals surface area contributed by atoms with Crippen molar-refractivity contribution in [3.8, 4) is 0 Å². The molecule has 1 saturated heterocycles. The Hall–Kier alpha value is -0.120. The molecule has 1 atom stereocenters.